The molecule has 0 saturated heterocycles. The van der Waals surface area contributed by atoms with Crippen molar-refractivity contribution in [3.63, 3.8) is 0 Å². The number of amides is 3. The number of benzene rings is 2. The fourth-order valence-corrected chi connectivity index (χ4v) is 6.78. The van der Waals surface area contributed by atoms with Gasteiger partial charge >= 0.3 is 0 Å². The predicted molar refractivity (Wildman–Crippen MR) is 147 cm³/mol. The van der Waals surface area contributed by atoms with E-state index >= 15 is 0 Å². The van der Waals surface area contributed by atoms with Gasteiger partial charge in [-0.05, 0) is 48.2 Å². The molecular weight excluding hydrogens is 528 g/mol. The Balaban J connectivity index is 1.60. The number of hydrogen-bond acceptors (Lipinski definition) is 8. The third-order valence-corrected chi connectivity index (χ3v) is 9.35. The zero-order chi connectivity index (χ0) is 27.4. The zero-order valence-electron chi connectivity index (χ0n) is 21.4. The number of fused-ring (bicyclic) bond motifs is 1. The van der Waals surface area contributed by atoms with Crippen molar-refractivity contribution in [1.82, 2.24) is 15.6 Å². The maximum absolute atomic E-state index is 13.2. The van der Waals surface area contributed by atoms with Crippen molar-refractivity contribution in [2.75, 3.05) is 38.0 Å². The van der Waals surface area contributed by atoms with E-state index in [0.29, 0.717) is 10.2 Å². The van der Waals surface area contributed by atoms with Crippen molar-refractivity contribution in [3.05, 3.63) is 47.5 Å². The van der Waals surface area contributed by atoms with Crippen molar-refractivity contribution in [1.29, 1.82) is 0 Å². The number of nitrogens with one attached hydrogen (secondary N) is 2. The second kappa shape index (κ2) is 11.6. The fraction of sp³-hybridized carbons (Fsp3) is 0.385. The van der Waals surface area contributed by atoms with E-state index in [9.17, 15) is 22.8 Å². The first-order valence-electron chi connectivity index (χ1n) is 12.1. The molecule has 2 aromatic carbocycles. The molecule has 1 aliphatic carbocycles. The topological polar surface area (TPSA) is 135 Å². The summed E-state index contributed by atoms with van der Waals surface area (Å²) in [5.74, 6) is -1.59. The Kier molecular flexibility index (Phi) is 8.44. The summed E-state index contributed by atoms with van der Waals surface area (Å²) in [4.78, 5) is 42.8. The molecule has 1 unspecified atom stereocenters. The minimum Gasteiger partial charge on any atom is -0.384 e. The van der Waals surface area contributed by atoms with Crippen LogP contribution in [0.1, 0.15) is 30.0 Å². The highest BCUT2D eigenvalue weighted by atomic mass is 32.2. The summed E-state index contributed by atoms with van der Waals surface area (Å²) in [6, 6.07) is 13.2. The lowest BCUT2D eigenvalue weighted by Crippen LogP contribution is -2.41. The van der Waals surface area contributed by atoms with Crippen LogP contribution >= 0.6 is 11.3 Å². The quantitative estimate of drug-likeness (QED) is 0.369. The molecule has 1 fully saturated rings. The molecule has 1 heterocycles. The number of methoxy groups -OCH3 is 1. The fourth-order valence-electron chi connectivity index (χ4n) is 3.81. The van der Waals surface area contributed by atoms with Crippen molar-refractivity contribution in [2.24, 2.45) is 0 Å². The molecule has 0 radical (unpaired) electrons. The molecule has 0 bridgehead atoms. The molecule has 4 rings (SSSR count). The van der Waals surface area contributed by atoms with Gasteiger partial charge in [-0.15, -0.1) is 11.3 Å². The standard InChI is InChI=1S/C26H30N4O6S2/c1-16(31)30(2)20-9-4-17(5-10-20)18-6-11-21-22(14-18)37-26(29-21)24(38(34,35)13-12-36-3)25(33)27-15-23(32)28-19-7-8-19/h4-6,9-11,14,19,24H,7-8,12-13,15H2,1-3H3,(H,27,33)(H,28,32). The lowest BCUT2D eigenvalue weighted by molar-refractivity contribution is -0.126. The summed E-state index contributed by atoms with van der Waals surface area (Å²) in [6.07, 6.45) is 1.81. The molecule has 3 amide bonds. The molecule has 0 aliphatic heterocycles. The summed E-state index contributed by atoms with van der Waals surface area (Å²) in [5.41, 5.74) is 3.12. The summed E-state index contributed by atoms with van der Waals surface area (Å²) < 4.78 is 32.0. The van der Waals surface area contributed by atoms with Crippen molar-refractivity contribution < 1.29 is 27.5 Å². The minimum absolute atomic E-state index is 0.0704. The lowest BCUT2D eigenvalue weighted by Gasteiger charge is -2.15. The van der Waals surface area contributed by atoms with Crippen LogP contribution in [0.15, 0.2) is 42.5 Å². The Hall–Kier alpha value is -3.35. The third kappa shape index (κ3) is 6.55. The van der Waals surface area contributed by atoms with E-state index in [1.165, 1.54) is 14.0 Å². The molecule has 1 saturated carbocycles. The van der Waals surface area contributed by atoms with Gasteiger partial charge in [-0.25, -0.2) is 13.4 Å². The van der Waals surface area contributed by atoms with Gasteiger partial charge in [0.2, 0.25) is 17.7 Å². The van der Waals surface area contributed by atoms with E-state index in [0.717, 1.165) is 41.0 Å². The van der Waals surface area contributed by atoms with Crippen LogP contribution in [0, 0.1) is 0 Å². The highest BCUT2D eigenvalue weighted by Crippen LogP contribution is 2.34. The van der Waals surface area contributed by atoms with Crippen LogP contribution in [-0.2, 0) is 29.0 Å². The Bertz CT molecular complexity index is 1450. The molecule has 202 valence electrons. The molecule has 38 heavy (non-hydrogen) atoms. The molecule has 2 N–H and O–H groups in total. The summed E-state index contributed by atoms with van der Waals surface area (Å²) in [7, 11) is -0.889. The second-order valence-corrected chi connectivity index (χ2v) is 12.4. The number of rotatable bonds is 11. The number of nitrogens with zero attached hydrogens (tertiary/aromatic N) is 2. The highest BCUT2D eigenvalue weighted by molar-refractivity contribution is 7.92. The Morgan fingerprint density at radius 2 is 1.82 bits per heavy atom. The molecule has 1 atom stereocenters. The van der Waals surface area contributed by atoms with Crippen LogP contribution in [0.3, 0.4) is 0 Å². The number of hydrogen-bond donors (Lipinski definition) is 2. The first-order chi connectivity index (χ1) is 18.1. The molecular formula is C26H30N4O6S2. The van der Waals surface area contributed by atoms with Gasteiger partial charge in [0, 0.05) is 32.8 Å². The lowest BCUT2D eigenvalue weighted by atomic mass is 10.1. The van der Waals surface area contributed by atoms with E-state index in [1.54, 1.807) is 18.0 Å². The van der Waals surface area contributed by atoms with Gasteiger partial charge in [0.1, 0.15) is 5.01 Å². The van der Waals surface area contributed by atoms with Gasteiger partial charge in [0.05, 0.1) is 29.1 Å². The normalized spacial score (nSPS) is 14.2. The van der Waals surface area contributed by atoms with Gasteiger partial charge in [-0.1, -0.05) is 18.2 Å². The van der Waals surface area contributed by atoms with Crippen LogP contribution in [-0.4, -0.2) is 70.2 Å². The summed E-state index contributed by atoms with van der Waals surface area (Å²) >= 11 is 1.12. The molecule has 1 aliphatic rings. The van der Waals surface area contributed by atoms with Gasteiger partial charge in [0.15, 0.2) is 15.1 Å². The van der Waals surface area contributed by atoms with Crippen molar-refractivity contribution in [3.8, 4) is 11.1 Å². The van der Waals surface area contributed by atoms with Crippen molar-refractivity contribution in [2.45, 2.75) is 31.1 Å². The molecule has 10 nitrogen and oxygen atoms in total. The number of carbonyl (C=O) groups excluding carboxylic acids is 3. The Morgan fingerprint density at radius 1 is 1.13 bits per heavy atom. The van der Waals surface area contributed by atoms with Crippen LogP contribution in [0.5, 0.6) is 0 Å². The number of carbonyl (C=O) groups is 3. The Morgan fingerprint density at radius 3 is 2.45 bits per heavy atom. The van der Waals surface area contributed by atoms with Crippen LogP contribution in [0.2, 0.25) is 0 Å². The molecule has 3 aromatic rings. The number of sulfone groups is 1. The predicted octanol–water partition coefficient (Wildman–Crippen LogP) is 2.44. The van der Waals surface area contributed by atoms with Crippen LogP contribution in [0.4, 0.5) is 5.69 Å². The zero-order valence-corrected chi connectivity index (χ0v) is 23.0. The van der Waals surface area contributed by atoms with Gasteiger partial charge < -0.3 is 20.3 Å². The van der Waals surface area contributed by atoms with Crippen molar-refractivity contribution >= 4 is 54.8 Å². The number of ether oxygens (including phenoxy) is 1. The average Bonchev–Trinajstić information content (AvgIpc) is 3.61. The van der Waals surface area contributed by atoms with E-state index in [1.807, 2.05) is 36.4 Å². The van der Waals surface area contributed by atoms with Gasteiger partial charge in [0.25, 0.3) is 0 Å². The number of aromatic nitrogens is 1. The first kappa shape index (κ1) is 27.7. The van der Waals surface area contributed by atoms with Crippen LogP contribution < -0.4 is 15.5 Å². The largest absolute Gasteiger partial charge is 0.384 e. The van der Waals surface area contributed by atoms with E-state index < -0.39 is 21.0 Å². The summed E-state index contributed by atoms with van der Waals surface area (Å²) in [5, 5.41) is 3.80. The van der Waals surface area contributed by atoms with E-state index in [-0.39, 0.29) is 41.8 Å². The Labute approximate surface area is 225 Å². The number of anilines is 1. The highest BCUT2D eigenvalue weighted by Gasteiger charge is 2.37. The monoisotopic (exact) mass is 558 g/mol. The summed E-state index contributed by atoms with van der Waals surface area (Å²) in [6.45, 7) is 1.11. The maximum Gasteiger partial charge on any atom is 0.245 e. The van der Waals surface area contributed by atoms with E-state index in [4.69, 9.17) is 4.74 Å². The second-order valence-electron chi connectivity index (χ2n) is 9.16. The molecule has 0 spiro atoms. The molecule has 12 heteroatoms. The van der Waals surface area contributed by atoms with Gasteiger partial charge in [-0.3, -0.25) is 14.4 Å². The number of thiazole rings is 1. The molecule has 1 aromatic heterocycles. The third-order valence-electron chi connectivity index (χ3n) is 6.22. The average molecular weight is 559 g/mol. The first-order valence-corrected chi connectivity index (χ1v) is 14.6. The van der Waals surface area contributed by atoms with E-state index in [2.05, 4.69) is 15.6 Å². The minimum atomic E-state index is -3.98. The smallest absolute Gasteiger partial charge is 0.245 e. The SMILES string of the molecule is COCCS(=O)(=O)C(C(=O)NCC(=O)NC1CC1)c1nc2ccc(-c3ccc(N(C)C(C)=O)cc3)cc2s1. The maximum atomic E-state index is 13.2. The van der Waals surface area contributed by atoms with Gasteiger partial charge in [-0.2, -0.15) is 0 Å². The van der Waals surface area contributed by atoms with Crippen LogP contribution in [0.25, 0.3) is 21.3 Å².